The molecule has 0 amide bonds. The first-order valence-electron chi connectivity index (χ1n) is 6.81. The second kappa shape index (κ2) is 8.36. The lowest BCUT2D eigenvalue weighted by molar-refractivity contribution is 0.228. The Hall–Kier alpha value is -0.950. The van der Waals surface area contributed by atoms with Gasteiger partial charge in [-0.05, 0) is 24.3 Å². The molecule has 1 atom stereocenters. The summed E-state index contributed by atoms with van der Waals surface area (Å²) in [7, 11) is -1.88. The van der Waals surface area contributed by atoms with Crippen molar-refractivity contribution in [3.05, 3.63) is 35.9 Å². The molecule has 6 heteroatoms. The maximum absolute atomic E-state index is 12.0. The van der Waals surface area contributed by atoms with Crippen molar-refractivity contribution in [2.24, 2.45) is 5.92 Å². The van der Waals surface area contributed by atoms with E-state index < -0.39 is 10.2 Å². The first kappa shape index (κ1) is 17.1. The summed E-state index contributed by atoms with van der Waals surface area (Å²) in [4.78, 5) is 0. The Morgan fingerprint density at radius 2 is 1.95 bits per heavy atom. The summed E-state index contributed by atoms with van der Waals surface area (Å²) < 4.78 is 27.9. The SMILES string of the molecule is CC(CO)CCCNS(=O)(=O)N(C)Cc1ccccc1. The van der Waals surface area contributed by atoms with Crippen LogP contribution in [0.25, 0.3) is 0 Å². The van der Waals surface area contributed by atoms with Crippen LogP contribution in [0.4, 0.5) is 0 Å². The molecule has 0 aliphatic carbocycles. The molecule has 0 saturated carbocycles. The highest BCUT2D eigenvalue weighted by Gasteiger charge is 2.16. The molecule has 0 aromatic heterocycles. The van der Waals surface area contributed by atoms with Crippen molar-refractivity contribution >= 4 is 10.2 Å². The van der Waals surface area contributed by atoms with Crippen molar-refractivity contribution < 1.29 is 13.5 Å². The number of hydrogen-bond acceptors (Lipinski definition) is 3. The fourth-order valence-corrected chi connectivity index (χ4v) is 2.72. The van der Waals surface area contributed by atoms with Crippen LogP contribution in [0, 0.1) is 5.92 Å². The number of hydrogen-bond donors (Lipinski definition) is 2. The fourth-order valence-electron chi connectivity index (χ4n) is 1.78. The lowest BCUT2D eigenvalue weighted by Crippen LogP contribution is -2.38. The Labute approximate surface area is 121 Å². The maximum Gasteiger partial charge on any atom is 0.279 e. The molecule has 1 rings (SSSR count). The predicted molar refractivity (Wildman–Crippen MR) is 80.3 cm³/mol. The summed E-state index contributed by atoms with van der Waals surface area (Å²) in [6.07, 6.45) is 1.53. The molecule has 1 aromatic rings. The van der Waals surface area contributed by atoms with E-state index >= 15 is 0 Å². The van der Waals surface area contributed by atoms with Crippen molar-refractivity contribution in [3.8, 4) is 0 Å². The van der Waals surface area contributed by atoms with Crippen LogP contribution >= 0.6 is 0 Å². The van der Waals surface area contributed by atoms with Crippen LogP contribution in [0.2, 0.25) is 0 Å². The number of aliphatic hydroxyl groups excluding tert-OH is 1. The average molecular weight is 300 g/mol. The predicted octanol–water partition coefficient (Wildman–Crippen LogP) is 1.36. The fraction of sp³-hybridized carbons (Fsp3) is 0.571. The van der Waals surface area contributed by atoms with Crippen LogP contribution in [0.5, 0.6) is 0 Å². The van der Waals surface area contributed by atoms with Crippen molar-refractivity contribution in [1.82, 2.24) is 9.03 Å². The highest BCUT2D eigenvalue weighted by Crippen LogP contribution is 2.07. The van der Waals surface area contributed by atoms with Gasteiger partial charge in [0.1, 0.15) is 0 Å². The van der Waals surface area contributed by atoms with Crippen molar-refractivity contribution in [3.63, 3.8) is 0 Å². The van der Waals surface area contributed by atoms with Gasteiger partial charge in [0.25, 0.3) is 10.2 Å². The van der Waals surface area contributed by atoms with Gasteiger partial charge < -0.3 is 5.11 Å². The van der Waals surface area contributed by atoms with E-state index in [0.29, 0.717) is 13.1 Å². The standard InChI is InChI=1S/C14H24N2O3S/c1-13(12-17)7-6-10-15-20(18,19)16(2)11-14-8-4-3-5-9-14/h3-5,8-9,13,15,17H,6-7,10-12H2,1-2H3. The summed E-state index contributed by atoms with van der Waals surface area (Å²) in [6, 6.07) is 9.47. The van der Waals surface area contributed by atoms with Gasteiger partial charge in [-0.3, -0.25) is 0 Å². The molecule has 1 unspecified atom stereocenters. The maximum atomic E-state index is 12.0. The second-order valence-corrected chi connectivity index (χ2v) is 6.93. The molecule has 0 bridgehead atoms. The summed E-state index contributed by atoms with van der Waals surface area (Å²) >= 11 is 0. The van der Waals surface area contributed by atoms with Crippen molar-refractivity contribution in [1.29, 1.82) is 0 Å². The Morgan fingerprint density at radius 3 is 2.55 bits per heavy atom. The van der Waals surface area contributed by atoms with Crippen LogP contribution in [-0.4, -0.2) is 38.0 Å². The Bertz CT molecular complexity index is 476. The molecule has 0 heterocycles. The lowest BCUT2D eigenvalue weighted by Gasteiger charge is -2.18. The minimum atomic E-state index is -3.44. The van der Waals surface area contributed by atoms with Gasteiger partial charge in [-0.15, -0.1) is 0 Å². The minimum absolute atomic E-state index is 0.140. The molecular formula is C14H24N2O3S. The molecule has 5 nitrogen and oxygen atoms in total. The van der Waals surface area contributed by atoms with E-state index in [1.54, 1.807) is 7.05 Å². The van der Waals surface area contributed by atoms with Crippen LogP contribution < -0.4 is 4.72 Å². The van der Waals surface area contributed by atoms with E-state index in [1.165, 1.54) is 4.31 Å². The first-order valence-corrected chi connectivity index (χ1v) is 8.25. The van der Waals surface area contributed by atoms with Crippen LogP contribution in [0.3, 0.4) is 0 Å². The topological polar surface area (TPSA) is 69.6 Å². The zero-order chi connectivity index (χ0) is 15.0. The zero-order valence-corrected chi connectivity index (χ0v) is 12.9. The third-order valence-corrected chi connectivity index (χ3v) is 4.65. The van der Waals surface area contributed by atoms with Gasteiger partial charge in [-0.2, -0.15) is 12.7 Å². The highest BCUT2D eigenvalue weighted by atomic mass is 32.2. The lowest BCUT2D eigenvalue weighted by atomic mass is 10.1. The van der Waals surface area contributed by atoms with E-state index in [-0.39, 0.29) is 12.5 Å². The molecule has 0 radical (unpaired) electrons. The molecule has 0 spiro atoms. The monoisotopic (exact) mass is 300 g/mol. The van der Waals surface area contributed by atoms with E-state index in [4.69, 9.17) is 5.11 Å². The molecular weight excluding hydrogens is 276 g/mol. The summed E-state index contributed by atoms with van der Waals surface area (Å²) in [5.74, 6) is 0.210. The molecule has 0 saturated heterocycles. The zero-order valence-electron chi connectivity index (χ0n) is 12.1. The summed E-state index contributed by atoms with van der Waals surface area (Å²) in [6.45, 7) is 2.83. The number of benzene rings is 1. The van der Waals surface area contributed by atoms with Gasteiger partial charge in [0.2, 0.25) is 0 Å². The second-order valence-electron chi connectivity index (χ2n) is 5.07. The van der Waals surface area contributed by atoms with E-state index in [9.17, 15) is 8.42 Å². The number of rotatable bonds is 9. The van der Waals surface area contributed by atoms with E-state index in [1.807, 2.05) is 37.3 Å². The van der Waals surface area contributed by atoms with Gasteiger partial charge >= 0.3 is 0 Å². The van der Waals surface area contributed by atoms with Crippen LogP contribution in [0.15, 0.2) is 30.3 Å². The number of aliphatic hydroxyl groups is 1. The van der Waals surface area contributed by atoms with Crippen LogP contribution in [0.1, 0.15) is 25.3 Å². The molecule has 0 fully saturated rings. The third-order valence-electron chi connectivity index (χ3n) is 3.13. The van der Waals surface area contributed by atoms with Gasteiger partial charge in [0.15, 0.2) is 0 Å². The number of nitrogens with zero attached hydrogens (tertiary/aromatic N) is 1. The van der Waals surface area contributed by atoms with Gasteiger partial charge in [-0.25, -0.2) is 4.72 Å². The van der Waals surface area contributed by atoms with Crippen molar-refractivity contribution in [2.45, 2.75) is 26.3 Å². The van der Waals surface area contributed by atoms with Crippen molar-refractivity contribution in [2.75, 3.05) is 20.2 Å². The largest absolute Gasteiger partial charge is 0.396 e. The van der Waals surface area contributed by atoms with Gasteiger partial charge in [0.05, 0.1) is 0 Å². The molecule has 114 valence electrons. The van der Waals surface area contributed by atoms with E-state index in [0.717, 1.165) is 18.4 Å². The smallest absolute Gasteiger partial charge is 0.279 e. The van der Waals surface area contributed by atoms with Crippen LogP contribution in [-0.2, 0) is 16.8 Å². The van der Waals surface area contributed by atoms with Gasteiger partial charge in [0, 0.05) is 26.7 Å². The Morgan fingerprint density at radius 1 is 1.30 bits per heavy atom. The molecule has 2 N–H and O–H groups in total. The molecule has 1 aromatic carbocycles. The molecule has 0 aliphatic rings. The molecule has 0 aliphatic heterocycles. The third kappa shape index (κ3) is 6.00. The highest BCUT2D eigenvalue weighted by molar-refractivity contribution is 7.87. The first-order chi connectivity index (χ1) is 9.45. The minimum Gasteiger partial charge on any atom is -0.396 e. The molecule has 20 heavy (non-hydrogen) atoms. The van der Waals surface area contributed by atoms with Gasteiger partial charge in [-0.1, -0.05) is 37.3 Å². The normalized spacial score (nSPS) is 13.6. The summed E-state index contributed by atoms with van der Waals surface area (Å²) in [5, 5.41) is 8.90. The number of nitrogens with one attached hydrogen (secondary N) is 1. The average Bonchev–Trinajstić information content (AvgIpc) is 2.44. The summed E-state index contributed by atoms with van der Waals surface area (Å²) in [5.41, 5.74) is 0.953. The Kier molecular flexibility index (Phi) is 7.15. The Balaban J connectivity index is 2.40. The quantitative estimate of drug-likeness (QED) is 0.677. The van der Waals surface area contributed by atoms with E-state index in [2.05, 4.69) is 4.72 Å².